The molecule has 0 aliphatic carbocycles. The van der Waals surface area contributed by atoms with E-state index in [0.29, 0.717) is 23.6 Å². The molecule has 4 nitrogen and oxygen atoms in total. The van der Waals surface area contributed by atoms with E-state index in [2.05, 4.69) is 29.2 Å². The predicted molar refractivity (Wildman–Crippen MR) is 98.0 cm³/mol. The second-order valence-electron chi connectivity index (χ2n) is 6.82. The third kappa shape index (κ3) is 3.05. The van der Waals surface area contributed by atoms with Crippen LogP contribution in [0.3, 0.4) is 0 Å². The predicted octanol–water partition coefficient (Wildman–Crippen LogP) is 3.80. The van der Waals surface area contributed by atoms with Crippen LogP contribution in [0.1, 0.15) is 29.0 Å². The van der Waals surface area contributed by atoms with E-state index in [4.69, 9.17) is 4.42 Å². The zero-order chi connectivity index (χ0) is 17.4. The molecular formula is C21H21NO3. The number of hydrogen-bond acceptors (Lipinski definition) is 4. The summed E-state index contributed by atoms with van der Waals surface area (Å²) in [6.07, 6.45) is 1.10. The average molecular weight is 335 g/mol. The fourth-order valence-electron chi connectivity index (χ4n) is 3.78. The van der Waals surface area contributed by atoms with Crippen molar-refractivity contribution in [3.05, 3.63) is 75.6 Å². The Morgan fingerprint density at radius 1 is 1.20 bits per heavy atom. The first kappa shape index (κ1) is 15.9. The van der Waals surface area contributed by atoms with E-state index in [1.165, 1.54) is 11.6 Å². The Morgan fingerprint density at radius 2 is 2.00 bits per heavy atom. The number of phenolic OH excluding ortho intramolecular Hbond substituents is 1. The summed E-state index contributed by atoms with van der Waals surface area (Å²) >= 11 is 0. The van der Waals surface area contributed by atoms with Crippen molar-refractivity contribution in [3.63, 3.8) is 0 Å². The van der Waals surface area contributed by atoms with Gasteiger partial charge in [-0.2, -0.15) is 0 Å². The lowest BCUT2D eigenvalue weighted by Crippen LogP contribution is -2.20. The van der Waals surface area contributed by atoms with Crippen molar-refractivity contribution in [2.24, 2.45) is 0 Å². The third-order valence-corrected chi connectivity index (χ3v) is 5.12. The van der Waals surface area contributed by atoms with Gasteiger partial charge in [-0.3, -0.25) is 4.90 Å². The molecule has 1 aliphatic rings. The highest BCUT2D eigenvalue weighted by Gasteiger charge is 2.25. The fourth-order valence-corrected chi connectivity index (χ4v) is 3.78. The van der Waals surface area contributed by atoms with Gasteiger partial charge in [0.15, 0.2) is 0 Å². The van der Waals surface area contributed by atoms with Gasteiger partial charge in [-0.15, -0.1) is 0 Å². The normalized spacial score (nSPS) is 18.0. The molecule has 2 heterocycles. The van der Waals surface area contributed by atoms with E-state index in [-0.39, 0.29) is 11.4 Å². The monoisotopic (exact) mass is 335 g/mol. The van der Waals surface area contributed by atoms with Gasteiger partial charge < -0.3 is 9.52 Å². The number of nitrogens with zero attached hydrogens (tertiary/aromatic N) is 1. The van der Waals surface area contributed by atoms with Crippen LogP contribution >= 0.6 is 0 Å². The average Bonchev–Trinajstić information content (AvgIpc) is 3.07. The van der Waals surface area contributed by atoms with Crippen molar-refractivity contribution in [1.82, 2.24) is 4.90 Å². The quantitative estimate of drug-likeness (QED) is 0.740. The Morgan fingerprint density at radius 3 is 2.80 bits per heavy atom. The summed E-state index contributed by atoms with van der Waals surface area (Å²) in [4.78, 5) is 14.1. The Bertz CT molecular complexity index is 962. The van der Waals surface area contributed by atoms with Crippen molar-refractivity contribution in [3.8, 4) is 5.75 Å². The smallest absolute Gasteiger partial charge is 0.336 e. The molecule has 1 fully saturated rings. The lowest BCUT2D eigenvalue weighted by molar-refractivity contribution is 0.319. The molecule has 0 amide bonds. The lowest BCUT2D eigenvalue weighted by Gasteiger charge is -2.18. The molecule has 128 valence electrons. The first-order chi connectivity index (χ1) is 12.1. The highest BCUT2D eigenvalue weighted by Crippen LogP contribution is 2.33. The second kappa shape index (κ2) is 6.37. The molecule has 0 radical (unpaired) electrons. The van der Waals surface area contributed by atoms with E-state index >= 15 is 0 Å². The summed E-state index contributed by atoms with van der Waals surface area (Å²) in [5, 5.41) is 11.2. The van der Waals surface area contributed by atoms with Crippen LogP contribution in [0.5, 0.6) is 5.75 Å². The van der Waals surface area contributed by atoms with E-state index in [1.54, 1.807) is 6.07 Å². The van der Waals surface area contributed by atoms with Crippen molar-refractivity contribution >= 4 is 11.0 Å². The molecule has 1 aromatic heterocycles. The number of hydrogen-bond donors (Lipinski definition) is 1. The minimum absolute atomic E-state index is 0.185. The fraction of sp³-hybridized carbons (Fsp3) is 0.286. The van der Waals surface area contributed by atoms with Crippen LogP contribution in [-0.2, 0) is 6.54 Å². The number of aryl methyl sites for hydroxylation is 1. The number of aromatic hydroxyl groups is 1. The molecule has 1 N–H and O–H groups in total. The molecule has 1 saturated heterocycles. The zero-order valence-electron chi connectivity index (χ0n) is 14.2. The molecule has 0 saturated carbocycles. The van der Waals surface area contributed by atoms with Crippen LogP contribution < -0.4 is 5.63 Å². The van der Waals surface area contributed by atoms with Crippen LogP contribution in [0.2, 0.25) is 0 Å². The van der Waals surface area contributed by atoms with Gasteiger partial charge in [-0.25, -0.2) is 4.79 Å². The molecule has 1 aliphatic heterocycles. The SMILES string of the molecule is Cc1cc(=O)oc2c(CN3CC[C@@H](c4ccccc4)C3)c(O)ccc12. The summed E-state index contributed by atoms with van der Waals surface area (Å²) in [5.74, 6) is 0.691. The van der Waals surface area contributed by atoms with Crippen LogP contribution in [0.15, 0.2) is 57.7 Å². The topological polar surface area (TPSA) is 53.7 Å². The minimum atomic E-state index is -0.375. The van der Waals surface area contributed by atoms with Crippen molar-refractivity contribution in [2.45, 2.75) is 25.8 Å². The van der Waals surface area contributed by atoms with E-state index in [1.807, 2.05) is 19.1 Å². The number of phenols is 1. The van der Waals surface area contributed by atoms with Crippen molar-refractivity contribution < 1.29 is 9.52 Å². The van der Waals surface area contributed by atoms with Crippen LogP contribution in [0.4, 0.5) is 0 Å². The number of fused-ring (bicyclic) bond motifs is 1. The van der Waals surface area contributed by atoms with Gasteiger partial charge in [-0.05, 0) is 49.1 Å². The van der Waals surface area contributed by atoms with E-state index in [0.717, 1.165) is 30.5 Å². The van der Waals surface area contributed by atoms with Crippen molar-refractivity contribution in [1.29, 1.82) is 0 Å². The molecule has 0 spiro atoms. The molecule has 25 heavy (non-hydrogen) atoms. The standard InChI is InChI=1S/C21H21NO3/c1-14-11-20(24)25-21-17(14)7-8-19(23)18(21)13-22-10-9-16(12-22)15-5-3-2-4-6-15/h2-8,11,16,23H,9-10,12-13H2,1H3/t16-/m1/s1. The second-order valence-corrected chi connectivity index (χ2v) is 6.82. The zero-order valence-corrected chi connectivity index (χ0v) is 14.2. The molecule has 4 heteroatoms. The molecular weight excluding hydrogens is 314 g/mol. The number of benzene rings is 2. The Hall–Kier alpha value is -2.59. The van der Waals surface area contributed by atoms with Gasteiger partial charge >= 0.3 is 5.63 Å². The molecule has 4 rings (SSSR count). The maximum absolute atomic E-state index is 11.8. The summed E-state index contributed by atoms with van der Waals surface area (Å²) < 4.78 is 5.43. The highest BCUT2D eigenvalue weighted by atomic mass is 16.4. The summed E-state index contributed by atoms with van der Waals surface area (Å²) in [6.45, 7) is 4.38. The number of likely N-dealkylation sites (tertiary alicyclic amines) is 1. The van der Waals surface area contributed by atoms with E-state index < -0.39 is 0 Å². The third-order valence-electron chi connectivity index (χ3n) is 5.12. The lowest BCUT2D eigenvalue weighted by atomic mass is 9.99. The summed E-state index contributed by atoms with van der Waals surface area (Å²) in [5.41, 5.74) is 3.06. The molecule has 0 bridgehead atoms. The summed E-state index contributed by atoms with van der Waals surface area (Å²) in [6, 6.07) is 15.5. The van der Waals surface area contributed by atoms with Crippen molar-refractivity contribution in [2.75, 3.05) is 13.1 Å². The number of rotatable bonds is 3. The summed E-state index contributed by atoms with van der Waals surface area (Å²) in [7, 11) is 0. The largest absolute Gasteiger partial charge is 0.507 e. The van der Waals surface area contributed by atoms with Gasteiger partial charge in [0, 0.05) is 24.5 Å². The molecule has 1 atom stereocenters. The van der Waals surface area contributed by atoms with Crippen LogP contribution in [0.25, 0.3) is 11.0 Å². The Kier molecular flexibility index (Phi) is 4.06. The maximum atomic E-state index is 11.8. The maximum Gasteiger partial charge on any atom is 0.336 e. The van der Waals surface area contributed by atoms with Crippen LogP contribution in [-0.4, -0.2) is 23.1 Å². The molecule has 2 aromatic carbocycles. The Labute approximate surface area is 146 Å². The van der Waals surface area contributed by atoms with Gasteiger partial charge in [0.25, 0.3) is 0 Å². The first-order valence-corrected chi connectivity index (χ1v) is 8.64. The minimum Gasteiger partial charge on any atom is -0.507 e. The van der Waals surface area contributed by atoms with Crippen LogP contribution in [0, 0.1) is 6.92 Å². The van der Waals surface area contributed by atoms with Gasteiger partial charge in [0.05, 0.1) is 5.56 Å². The molecule has 0 unspecified atom stereocenters. The molecule has 3 aromatic rings. The van der Waals surface area contributed by atoms with Gasteiger partial charge in [0.2, 0.25) is 0 Å². The first-order valence-electron chi connectivity index (χ1n) is 8.64. The van der Waals surface area contributed by atoms with Gasteiger partial charge in [0.1, 0.15) is 11.3 Å². The van der Waals surface area contributed by atoms with E-state index in [9.17, 15) is 9.90 Å². The Balaban J connectivity index is 1.63. The highest BCUT2D eigenvalue weighted by molar-refractivity contribution is 5.84. The van der Waals surface area contributed by atoms with Gasteiger partial charge in [-0.1, -0.05) is 30.3 Å².